The highest BCUT2D eigenvalue weighted by molar-refractivity contribution is 7.16. The Hall–Kier alpha value is -4.02. The average molecular weight is 427 g/mol. The summed E-state index contributed by atoms with van der Waals surface area (Å²) in [5, 5.41) is 11.1. The molecule has 3 aromatic carbocycles. The number of nitro groups is 1. The SMILES string of the molecule is C#CCn1c(=NC(=O)c2ccc(Cc3ccccc3)cc2)sc2cc([N+](=O)[O-])ccc21. The monoisotopic (exact) mass is 427 g/mol. The maximum Gasteiger partial charge on any atom is 0.279 e. The second-order valence-corrected chi connectivity index (χ2v) is 7.87. The van der Waals surface area contributed by atoms with Crippen LogP contribution in [0.1, 0.15) is 21.5 Å². The number of fused-ring (bicyclic) bond motifs is 1. The summed E-state index contributed by atoms with van der Waals surface area (Å²) >= 11 is 1.20. The van der Waals surface area contributed by atoms with E-state index < -0.39 is 10.8 Å². The quantitative estimate of drug-likeness (QED) is 0.266. The molecule has 0 bridgehead atoms. The standard InChI is InChI=1S/C24H17N3O3S/c1-2-14-26-21-13-12-20(27(29)30)16-22(21)31-24(26)25-23(28)19-10-8-18(9-11-19)15-17-6-4-3-5-7-17/h1,3-13,16H,14-15H2. The first-order valence-electron chi connectivity index (χ1n) is 9.48. The molecule has 1 aromatic heterocycles. The molecule has 0 N–H and O–H groups in total. The minimum absolute atomic E-state index is 0.0199. The van der Waals surface area contributed by atoms with E-state index in [4.69, 9.17) is 6.42 Å². The first kappa shape index (κ1) is 20.3. The zero-order valence-corrected chi connectivity index (χ0v) is 17.2. The normalized spacial score (nSPS) is 11.4. The number of nitrogens with zero attached hydrogens (tertiary/aromatic N) is 3. The van der Waals surface area contributed by atoms with Crippen molar-refractivity contribution in [2.75, 3.05) is 0 Å². The minimum atomic E-state index is -0.455. The molecule has 0 radical (unpaired) electrons. The fourth-order valence-electron chi connectivity index (χ4n) is 3.25. The molecule has 0 aliphatic heterocycles. The zero-order chi connectivity index (χ0) is 21.8. The van der Waals surface area contributed by atoms with E-state index in [9.17, 15) is 14.9 Å². The summed E-state index contributed by atoms with van der Waals surface area (Å²) in [6.07, 6.45) is 6.26. The van der Waals surface area contributed by atoms with Gasteiger partial charge in [0, 0.05) is 17.7 Å². The summed E-state index contributed by atoms with van der Waals surface area (Å²) in [6.45, 7) is 0.208. The van der Waals surface area contributed by atoms with Gasteiger partial charge < -0.3 is 4.57 Å². The fraction of sp³-hybridized carbons (Fsp3) is 0.0833. The zero-order valence-electron chi connectivity index (χ0n) is 16.4. The van der Waals surface area contributed by atoms with Crippen molar-refractivity contribution in [1.29, 1.82) is 0 Å². The van der Waals surface area contributed by atoms with Crippen LogP contribution in [0.2, 0.25) is 0 Å². The number of hydrogen-bond acceptors (Lipinski definition) is 4. The highest BCUT2D eigenvalue weighted by atomic mass is 32.1. The van der Waals surface area contributed by atoms with Crippen LogP contribution in [0.5, 0.6) is 0 Å². The largest absolute Gasteiger partial charge is 0.305 e. The molecule has 0 atom stereocenters. The van der Waals surface area contributed by atoms with Crippen LogP contribution in [-0.4, -0.2) is 15.4 Å². The number of aromatic nitrogens is 1. The van der Waals surface area contributed by atoms with Crippen molar-refractivity contribution in [2.45, 2.75) is 13.0 Å². The number of non-ortho nitro benzene ring substituents is 1. The van der Waals surface area contributed by atoms with Gasteiger partial charge in [0.15, 0.2) is 4.80 Å². The first-order valence-corrected chi connectivity index (χ1v) is 10.3. The van der Waals surface area contributed by atoms with E-state index in [1.54, 1.807) is 22.8 Å². The van der Waals surface area contributed by atoms with Crippen LogP contribution in [-0.2, 0) is 13.0 Å². The van der Waals surface area contributed by atoms with E-state index in [2.05, 4.69) is 23.0 Å². The Labute approximate surface area is 182 Å². The molecule has 4 aromatic rings. The maximum absolute atomic E-state index is 12.8. The Morgan fingerprint density at radius 1 is 1.06 bits per heavy atom. The van der Waals surface area contributed by atoms with Crippen LogP contribution >= 0.6 is 11.3 Å². The number of benzene rings is 3. The van der Waals surface area contributed by atoms with E-state index in [0.29, 0.717) is 20.6 Å². The van der Waals surface area contributed by atoms with E-state index in [1.807, 2.05) is 30.3 Å². The van der Waals surface area contributed by atoms with Crippen molar-refractivity contribution in [3.8, 4) is 12.3 Å². The lowest BCUT2D eigenvalue weighted by atomic mass is 10.0. The number of hydrogen-bond donors (Lipinski definition) is 0. The van der Waals surface area contributed by atoms with Crippen LogP contribution in [0.25, 0.3) is 10.2 Å². The molecule has 0 aliphatic rings. The molecule has 7 heteroatoms. The van der Waals surface area contributed by atoms with Crippen molar-refractivity contribution >= 4 is 33.1 Å². The molecule has 0 saturated heterocycles. The number of terminal acetylenes is 1. The van der Waals surface area contributed by atoms with E-state index in [-0.39, 0.29) is 12.2 Å². The van der Waals surface area contributed by atoms with Gasteiger partial charge in [-0.1, -0.05) is 59.7 Å². The van der Waals surface area contributed by atoms with Gasteiger partial charge in [-0.05, 0) is 35.7 Å². The van der Waals surface area contributed by atoms with Gasteiger partial charge in [-0.2, -0.15) is 4.99 Å². The molecule has 0 fully saturated rings. The van der Waals surface area contributed by atoms with E-state index in [1.165, 1.54) is 29.0 Å². The smallest absolute Gasteiger partial charge is 0.279 e. The van der Waals surface area contributed by atoms with Crippen LogP contribution in [0.15, 0.2) is 77.8 Å². The molecule has 6 nitrogen and oxygen atoms in total. The average Bonchev–Trinajstić information content (AvgIpc) is 3.11. The van der Waals surface area contributed by atoms with E-state index >= 15 is 0 Å². The highest BCUT2D eigenvalue weighted by Crippen LogP contribution is 2.23. The maximum atomic E-state index is 12.8. The minimum Gasteiger partial charge on any atom is -0.305 e. The van der Waals surface area contributed by atoms with Gasteiger partial charge >= 0.3 is 0 Å². The van der Waals surface area contributed by atoms with Gasteiger partial charge in [-0.25, -0.2) is 0 Å². The molecule has 0 aliphatic carbocycles. The third kappa shape index (κ3) is 4.44. The lowest BCUT2D eigenvalue weighted by Crippen LogP contribution is -2.16. The first-order chi connectivity index (χ1) is 15.0. The lowest BCUT2D eigenvalue weighted by molar-refractivity contribution is -0.384. The molecule has 152 valence electrons. The van der Waals surface area contributed by atoms with Gasteiger partial charge in [0.1, 0.15) is 0 Å². The fourth-order valence-corrected chi connectivity index (χ4v) is 4.31. The number of amides is 1. The predicted octanol–water partition coefficient (Wildman–Crippen LogP) is 4.58. The van der Waals surface area contributed by atoms with Crippen LogP contribution in [0.3, 0.4) is 0 Å². The van der Waals surface area contributed by atoms with Crippen molar-refractivity contribution in [2.24, 2.45) is 4.99 Å². The number of nitro benzene ring substituents is 1. The Kier molecular flexibility index (Phi) is 5.74. The van der Waals surface area contributed by atoms with Gasteiger partial charge in [-0.15, -0.1) is 6.42 Å². The predicted molar refractivity (Wildman–Crippen MR) is 121 cm³/mol. The van der Waals surface area contributed by atoms with Gasteiger partial charge in [0.2, 0.25) is 0 Å². The molecular formula is C24H17N3O3S. The molecular weight excluding hydrogens is 410 g/mol. The summed E-state index contributed by atoms with van der Waals surface area (Å²) in [4.78, 5) is 28.0. The van der Waals surface area contributed by atoms with E-state index in [0.717, 1.165) is 12.0 Å². The molecule has 1 amide bonds. The summed E-state index contributed by atoms with van der Waals surface area (Å²) < 4.78 is 2.36. The topological polar surface area (TPSA) is 77.5 Å². The number of carbonyl (C=O) groups is 1. The molecule has 0 unspecified atom stereocenters. The van der Waals surface area contributed by atoms with Crippen molar-refractivity contribution in [3.05, 3.63) is 104 Å². The summed E-state index contributed by atoms with van der Waals surface area (Å²) in [5.41, 5.74) is 3.44. The highest BCUT2D eigenvalue weighted by Gasteiger charge is 2.13. The van der Waals surface area contributed by atoms with Gasteiger partial charge in [0.05, 0.1) is 21.7 Å². The summed E-state index contributed by atoms with van der Waals surface area (Å²) in [5.74, 6) is 2.16. The molecule has 4 rings (SSSR count). The Balaban J connectivity index is 1.65. The number of rotatable bonds is 5. The van der Waals surface area contributed by atoms with Crippen LogP contribution in [0.4, 0.5) is 5.69 Å². The Morgan fingerprint density at radius 3 is 2.45 bits per heavy atom. The van der Waals surface area contributed by atoms with Gasteiger partial charge in [0.25, 0.3) is 11.6 Å². The lowest BCUT2D eigenvalue weighted by Gasteiger charge is -2.03. The molecule has 0 saturated carbocycles. The van der Waals surface area contributed by atoms with Crippen LogP contribution < -0.4 is 4.80 Å². The second kappa shape index (κ2) is 8.78. The Morgan fingerprint density at radius 2 is 1.77 bits per heavy atom. The molecule has 1 heterocycles. The number of carbonyl (C=O) groups excluding carboxylic acids is 1. The Bertz CT molecular complexity index is 1380. The molecule has 0 spiro atoms. The number of thiazole rings is 1. The molecule has 31 heavy (non-hydrogen) atoms. The third-order valence-corrected chi connectivity index (χ3v) is 5.82. The van der Waals surface area contributed by atoms with Gasteiger partial charge in [-0.3, -0.25) is 14.9 Å². The van der Waals surface area contributed by atoms with Crippen molar-refractivity contribution in [3.63, 3.8) is 0 Å². The van der Waals surface area contributed by atoms with Crippen molar-refractivity contribution in [1.82, 2.24) is 4.57 Å². The second-order valence-electron chi connectivity index (χ2n) is 6.86. The van der Waals surface area contributed by atoms with Crippen LogP contribution in [0, 0.1) is 22.5 Å². The summed E-state index contributed by atoms with van der Waals surface area (Å²) in [7, 11) is 0. The van der Waals surface area contributed by atoms with Crippen molar-refractivity contribution < 1.29 is 9.72 Å². The summed E-state index contributed by atoms with van der Waals surface area (Å²) in [6, 6.07) is 22.0. The third-order valence-electron chi connectivity index (χ3n) is 4.78.